The molecule has 0 radical (unpaired) electrons. The predicted molar refractivity (Wildman–Crippen MR) is 74.3 cm³/mol. The average Bonchev–Trinajstić information content (AvgIpc) is 2.72. The highest BCUT2D eigenvalue weighted by Gasteiger charge is 2.47. The molecule has 0 saturated carbocycles. The fourth-order valence-corrected chi connectivity index (χ4v) is 3.35. The van der Waals surface area contributed by atoms with Crippen molar-refractivity contribution in [3.63, 3.8) is 0 Å². The Morgan fingerprint density at radius 1 is 0.706 bits per heavy atom. The molecule has 1 spiro atoms. The van der Waals surface area contributed by atoms with E-state index in [1.807, 2.05) is 0 Å². The molecule has 0 aromatic carbocycles. The Bertz CT molecular complexity index is 252. The molecule has 2 heteroatoms. The van der Waals surface area contributed by atoms with Gasteiger partial charge in [0, 0.05) is 24.2 Å². The van der Waals surface area contributed by atoms with Crippen LogP contribution < -0.4 is 0 Å². The fraction of sp³-hybridized carbons (Fsp3) is 1.00. The van der Waals surface area contributed by atoms with Crippen LogP contribution in [-0.4, -0.2) is 47.1 Å². The Morgan fingerprint density at radius 2 is 1.06 bits per heavy atom. The summed E-state index contributed by atoms with van der Waals surface area (Å²) in [6.07, 6.45) is 2.80. The molecule has 2 nitrogen and oxygen atoms in total. The molecule has 2 aliphatic rings. The maximum atomic E-state index is 2.68. The molecule has 0 aliphatic carbocycles. The Kier molecular flexibility index (Phi) is 3.11. The molecule has 0 unspecified atom stereocenters. The van der Waals surface area contributed by atoms with Gasteiger partial charge >= 0.3 is 0 Å². The van der Waals surface area contributed by atoms with Crippen LogP contribution in [0.25, 0.3) is 0 Å². The van der Waals surface area contributed by atoms with Gasteiger partial charge in [-0.15, -0.1) is 0 Å². The highest BCUT2D eigenvalue weighted by Crippen LogP contribution is 2.43. The van der Waals surface area contributed by atoms with E-state index >= 15 is 0 Å². The number of likely N-dealkylation sites (tertiary alicyclic amines) is 2. The lowest BCUT2D eigenvalue weighted by Crippen LogP contribution is -2.43. The molecule has 17 heavy (non-hydrogen) atoms. The van der Waals surface area contributed by atoms with Crippen molar-refractivity contribution in [1.82, 2.24) is 9.80 Å². The van der Waals surface area contributed by atoms with Gasteiger partial charge in [0.05, 0.1) is 0 Å². The van der Waals surface area contributed by atoms with Crippen molar-refractivity contribution < 1.29 is 0 Å². The van der Waals surface area contributed by atoms with Gasteiger partial charge < -0.3 is 0 Å². The number of nitrogens with zero attached hydrogens (tertiary/aromatic N) is 2. The minimum atomic E-state index is 0.346. The van der Waals surface area contributed by atoms with E-state index in [4.69, 9.17) is 0 Å². The molecular weight excluding hydrogens is 208 g/mol. The van der Waals surface area contributed by atoms with Gasteiger partial charge in [-0.25, -0.2) is 0 Å². The van der Waals surface area contributed by atoms with E-state index in [-0.39, 0.29) is 0 Å². The Balaban J connectivity index is 2.01. The van der Waals surface area contributed by atoms with Gasteiger partial charge in [0.25, 0.3) is 0 Å². The summed E-state index contributed by atoms with van der Waals surface area (Å²) in [7, 11) is 0. The average molecular weight is 238 g/mol. The first-order valence-electron chi connectivity index (χ1n) is 7.13. The summed E-state index contributed by atoms with van der Waals surface area (Å²) in [4.78, 5) is 5.36. The van der Waals surface area contributed by atoms with Gasteiger partial charge in [-0.05, 0) is 72.9 Å². The smallest absolute Gasteiger partial charge is 0.0125 e. The molecule has 2 fully saturated rings. The summed E-state index contributed by atoms with van der Waals surface area (Å²) in [5.41, 5.74) is 1.29. The molecule has 0 N–H and O–H groups in total. The van der Waals surface area contributed by atoms with E-state index in [2.05, 4.69) is 51.3 Å². The van der Waals surface area contributed by atoms with Crippen molar-refractivity contribution in [3.05, 3.63) is 0 Å². The van der Waals surface area contributed by atoms with Crippen LogP contribution in [-0.2, 0) is 0 Å². The first-order valence-corrected chi connectivity index (χ1v) is 7.13. The van der Waals surface area contributed by atoms with E-state index in [1.54, 1.807) is 0 Å². The molecule has 0 aromatic heterocycles. The Labute approximate surface area is 107 Å². The molecule has 2 rings (SSSR count). The van der Waals surface area contributed by atoms with Crippen LogP contribution in [0.2, 0.25) is 0 Å². The second-order valence-corrected chi connectivity index (χ2v) is 8.18. The highest BCUT2D eigenvalue weighted by molar-refractivity contribution is 5.01. The lowest BCUT2D eigenvalue weighted by Gasteiger charge is -2.35. The van der Waals surface area contributed by atoms with Crippen molar-refractivity contribution >= 4 is 0 Å². The number of hydrogen-bond donors (Lipinski definition) is 0. The monoisotopic (exact) mass is 238 g/mol. The molecule has 0 bridgehead atoms. The van der Waals surface area contributed by atoms with Gasteiger partial charge in [-0.2, -0.15) is 0 Å². The zero-order valence-electron chi connectivity index (χ0n) is 12.6. The molecule has 2 heterocycles. The SMILES string of the molecule is CC(C)(C)N1CCC2(CCN(C(C)(C)C)C2)C1. The lowest BCUT2D eigenvalue weighted by atomic mass is 9.86. The van der Waals surface area contributed by atoms with Crippen LogP contribution in [0.4, 0.5) is 0 Å². The van der Waals surface area contributed by atoms with Gasteiger partial charge in [0.1, 0.15) is 0 Å². The maximum Gasteiger partial charge on any atom is 0.0125 e. The van der Waals surface area contributed by atoms with Gasteiger partial charge in [0.2, 0.25) is 0 Å². The molecule has 0 atom stereocenters. The number of rotatable bonds is 0. The second-order valence-electron chi connectivity index (χ2n) is 8.18. The van der Waals surface area contributed by atoms with Crippen molar-refractivity contribution in [2.45, 2.75) is 65.5 Å². The molecule has 100 valence electrons. The van der Waals surface area contributed by atoms with Crippen LogP contribution in [0, 0.1) is 5.41 Å². The molecule has 2 saturated heterocycles. The third-order valence-electron chi connectivity index (χ3n) is 4.77. The topological polar surface area (TPSA) is 6.48 Å². The van der Waals surface area contributed by atoms with E-state index < -0.39 is 0 Å². The van der Waals surface area contributed by atoms with Gasteiger partial charge in [-0.1, -0.05) is 0 Å². The van der Waals surface area contributed by atoms with Crippen LogP contribution in [0.3, 0.4) is 0 Å². The summed E-state index contributed by atoms with van der Waals surface area (Å²) < 4.78 is 0. The van der Waals surface area contributed by atoms with Crippen molar-refractivity contribution in [1.29, 1.82) is 0 Å². The summed E-state index contributed by atoms with van der Waals surface area (Å²) in [6.45, 7) is 19.3. The van der Waals surface area contributed by atoms with E-state index in [0.717, 1.165) is 0 Å². The Morgan fingerprint density at radius 3 is 1.29 bits per heavy atom. The summed E-state index contributed by atoms with van der Waals surface area (Å²) in [5.74, 6) is 0. The normalized spacial score (nSPS) is 27.2. The van der Waals surface area contributed by atoms with Crippen molar-refractivity contribution in [2.75, 3.05) is 26.2 Å². The first-order chi connectivity index (χ1) is 7.62. The van der Waals surface area contributed by atoms with Crippen molar-refractivity contribution in [2.24, 2.45) is 5.41 Å². The second kappa shape index (κ2) is 3.96. The fourth-order valence-electron chi connectivity index (χ4n) is 3.35. The van der Waals surface area contributed by atoms with Crippen LogP contribution in [0.15, 0.2) is 0 Å². The summed E-state index contributed by atoms with van der Waals surface area (Å²) in [6, 6.07) is 0. The van der Waals surface area contributed by atoms with Crippen LogP contribution in [0.1, 0.15) is 54.4 Å². The largest absolute Gasteiger partial charge is 0.298 e. The number of hydrogen-bond acceptors (Lipinski definition) is 2. The van der Waals surface area contributed by atoms with Crippen molar-refractivity contribution in [3.8, 4) is 0 Å². The lowest BCUT2D eigenvalue weighted by molar-refractivity contribution is 0.128. The zero-order valence-corrected chi connectivity index (χ0v) is 12.6. The third-order valence-corrected chi connectivity index (χ3v) is 4.77. The standard InChI is InChI=1S/C15H30N2/c1-13(2,3)16-9-7-15(11-16)8-10-17(12-15)14(4,5)6/h7-12H2,1-6H3. The quantitative estimate of drug-likeness (QED) is 0.640. The minimum absolute atomic E-state index is 0.346. The van der Waals surface area contributed by atoms with E-state index in [1.165, 1.54) is 39.0 Å². The minimum Gasteiger partial charge on any atom is -0.298 e. The zero-order chi connectivity index (χ0) is 12.9. The maximum absolute atomic E-state index is 2.68. The van der Waals surface area contributed by atoms with Gasteiger partial charge in [-0.3, -0.25) is 9.80 Å². The summed E-state index contributed by atoms with van der Waals surface area (Å²) in [5, 5.41) is 0. The molecular formula is C15H30N2. The third kappa shape index (κ3) is 2.68. The molecule has 2 aliphatic heterocycles. The summed E-state index contributed by atoms with van der Waals surface area (Å²) >= 11 is 0. The predicted octanol–water partition coefficient (Wildman–Crippen LogP) is 2.98. The van der Waals surface area contributed by atoms with E-state index in [0.29, 0.717) is 16.5 Å². The van der Waals surface area contributed by atoms with Crippen LogP contribution >= 0.6 is 0 Å². The van der Waals surface area contributed by atoms with Gasteiger partial charge in [0.15, 0.2) is 0 Å². The molecule has 0 amide bonds. The highest BCUT2D eigenvalue weighted by atomic mass is 15.3. The molecule has 0 aromatic rings. The Hall–Kier alpha value is -0.0800. The van der Waals surface area contributed by atoms with E-state index in [9.17, 15) is 0 Å². The van der Waals surface area contributed by atoms with Crippen LogP contribution in [0.5, 0.6) is 0 Å². The first kappa shape index (κ1) is 13.4.